The highest BCUT2D eigenvalue weighted by atomic mass is 35.5. The monoisotopic (exact) mass is 525 g/mol. The molecular weight excluding hydrogens is 494 g/mol. The van der Waals surface area contributed by atoms with Gasteiger partial charge < -0.3 is 26.4 Å². The van der Waals surface area contributed by atoms with Gasteiger partial charge in [-0.15, -0.1) is 12.4 Å². The topological polar surface area (TPSA) is 146 Å². The van der Waals surface area contributed by atoms with Crippen LogP contribution < -0.4 is 21.7 Å². The lowest BCUT2D eigenvalue weighted by molar-refractivity contribution is -0.151. The summed E-state index contributed by atoms with van der Waals surface area (Å²) in [5, 5.41) is 17.8. The lowest BCUT2D eigenvalue weighted by atomic mass is 9.93. The smallest absolute Gasteiger partial charge is 0.340 e. The highest BCUT2D eigenvalue weighted by molar-refractivity contribution is 6.11. The molecule has 10 heteroatoms. The van der Waals surface area contributed by atoms with Crippen LogP contribution in [0.2, 0.25) is 0 Å². The number of esters is 1. The number of Topliss-reactive ketones (excluding diaryl/α,β-unsaturated/α-hetero) is 1. The predicted molar refractivity (Wildman–Crippen MR) is 147 cm³/mol. The van der Waals surface area contributed by atoms with Crippen LogP contribution in [0.3, 0.4) is 0 Å². The van der Waals surface area contributed by atoms with Crippen molar-refractivity contribution in [2.24, 2.45) is 5.73 Å². The van der Waals surface area contributed by atoms with Gasteiger partial charge >= 0.3 is 5.97 Å². The third-order valence-electron chi connectivity index (χ3n) is 5.87. The first kappa shape index (κ1) is 29.3. The molecule has 0 aliphatic heterocycles. The van der Waals surface area contributed by atoms with Crippen LogP contribution in [0.1, 0.15) is 35.3 Å². The van der Waals surface area contributed by atoms with E-state index >= 15 is 0 Å². The molecule has 0 aliphatic rings. The van der Waals surface area contributed by atoms with Gasteiger partial charge in [0, 0.05) is 29.9 Å². The number of hydrogen-bond donors (Lipinski definition) is 5. The number of hydrogen-bond acceptors (Lipinski definition) is 7. The first-order valence-electron chi connectivity index (χ1n) is 11.6. The van der Waals surface area contributed by atoms with Crippen LogP contribution in [-0.2, 0) is 20.9 Å². The second kappa shape index (κ2) is 12.8. The molecule has 37 heavy (non-hydrogen) atoms. The van der Waals surface area contributed by atoms with Crippen molar-refractivity contribution in [1.82, 2.24) is 10.6 Å². The molecule has 3 aromatic carbocycles. The van der Waals surface area contributed by atoms with E-state index in [1.165, 1.54) is 6.92 Å². The first-order valence-corrected chi connectivity index (χ1v) is 11.6. The van der Waals surface area contributed by atoms with E-state index in [0.717, 1.165) is 16.3 Å². The fourth-order valence-electron chi connectivity index (χ4n) is 3.93. The number of likely N-dealkylation sites (N-methyl/N-ethyl adjacent to an activating group) is 1. The van der Waals surface area contributed by atoms with Gasteiger partial charge in [-0.3, -0.25) is 15.0 Å². The van der Waals surface area contributed by atoms with Gasteiger partial charge in [0.2, 0.25) is 5.54 Å². The third kappa shape index (κ3) is 6.63. The fourth-order valence-corrected chi connectivity index (χ4v) is 3.93. The summed E-state index contributed by atoms with van der Waals surface area (Å²) in [6.45, 7) is 3.55. The number of ketones is 1. The molecule has 1 atom stereocenters. The van der Waals surface area contributed by atoms with Crippen LogP contribution >= 0.6 is 12.4 Å². The van der Waals surface area contributed by atoms with Crippen molar-refractivity contribution in [1.29, 1.82) is 5.41 Å². The summed E-state index contributed by atoms with van der Waals surface area (Å²) < 4.78 is 5.18. The molecule has 9 nitrogen and oxygen atoms in total. The molecule has 0 bridgehead atoms. The maximum Gasteiger partial charge on any atom is 0.340 e. The van der Waals surface area contributed by atoms with Crippen molar-refractivity contribution in [2.75, 3.05) is 25.5 Å². The number of nitrogens with two attached hydrogens (primary N) is 1. The summed E-state index contributed by atoms with van der Waals surface area (Å²) in [5.41, 5.74) is 6.45. The second-order valence-electron chi connectivity index (χ2n) is 8.37. The van der Waals surface area contributed by atoms with Gasteiger partial charge in [-0.1, -0.05) is 42.5 Å². The minimum Gasteiger partial charge on any atom is -0.464 e. The second-order valence-corrected chi connectivity index (χ2v) is 8.37. The third-order valence-corrected chi connectivity index (χ3v) is 5.87. The quantitative estimate of drug-likeness (QED) is 0.112. The molecule has 1 unspecified atom stereocenters. The molecule has 0 aromatic heterocycles. The van der Waals surface area contributed by atoms with Gasteiger partial charge in [-0.25, -0.2) is 4.79 Å². The lowest BCUT2D eigenvalue weighted by Gasteiger charge is -2.31. The first-order chi connectivity index (χ1) is 17.2. The van der Waals surface area contributed by atoms with Crippen LogP contribution in [0.5, 0.6) is 0 Å². The standard InChI is InChI=1S/C27H31N5O4.ClH/c1-4-36-26(35)27(16-30-3,17(2)33)32-21-12-13-22-20(14-21)6-5-7-23(22)25(34)31-15-18-8-10-19(11-9-18)24(28)29;/h5-14,30,32H,4,15-16H2,1-3H3,(H3,28,29)(H,31,34);1H. The zero-order chi connectivity index (χ0) is 26.3. The SMILES string of the molecule is CCOC(=O)C(CNC)(Nc1ccc2c(C(=O)NCc3ccc(C(=N)N)cc3)cccc2c1)C(C)=O.Cl. The number of amides is 1. The van der Waals surface area contributed by atoms with E-state index in [1.807, 2.05) is 18.2 Å². The highest BCUT2D eigenvalue weighted by Gasteiger charge is 2.44. The molecule has 3 rings (SSSR count). The predicted octanol–water partition coefficient (Wildman–Crippen LogP) is 3.00. The van der Waals surface area contributed by atoms with E-state index in [0.29, 0.717) is 23.4 Å². The molecule has 0 saturated heterocycles. The Balaban J connectivity index is 0.00000481. The Labute approximate surface area is 222 Å². The average molecular weight is 526 g/mol. The molecule has 1 amide bonds. The number of nitrogen functional groups attached to an aromatic ring is 1. The Bertz CT molecular complexity index is 1300. The van der Waals surface area contributed by atoms with E-state index in [1.54, 1.807) is 56.4 Å². The summed E-state index contributed by atoms with van der Waals surface area (Å²) in [7, 11) is 1.65. The van der Waals surface area contributed by atoms with Gasteiger partial charge in [-0.2, -0.15) is 0 Å². The van der Waals surface area contributed by atoms with E-state index in [9.17, 15) is 14.4 Å². The number of rotatable bonds is 11. The molecular formula is C27H32ClN5O4. The van der Waals surface area contributed by atoms with E-state index in [-0.39, 0.29) is 43.1 Å². The molecule has 3 aromatic rings. The Morgan fingerprint density at radius 2 is 1.76 bits per heavy atom. The molecule has 0 spiro atoms. The zero-order valence-corrected chi connectivity index (χ0v) is 21.8. The number of ether oxygens (including phenoxy) is 1. The molecule has 0 heterocycles. The number of anilines is 1. The molecule has 0 fully saturated rings. The number of amidine groups is 1. The van der Waals surface area contributed by atoms with Crippen LogP contribution in [0.25, 0.3) is 10.8 Å². The van der Waals surface area contributed by atoms with Crippen molar-refractivity contribution in [3.63, 3.8) is 0 Å². The molecule has 0 aliphatic carbocycles. The van der Waals surface area contributed by atoms with Gasteiger partial charge in [0.25, 0.3) is 5.91 Å². The van der Waals surface area contributed by atoms with Gasteiger partial charge in [0.1, 0.15) is 5.84 Å². The molecule has 6 N–H and O–H groups in total. The van der Waals surface area contributed by atoms with Crippen molar-refractivity contribution >= 4 is 52.4 Å². The number of carbonyl (C=O) groups excluding carboxylic acids is 3. The van der Waals surface area contributed by atoms with E-state index in [4.69, 9.17) is 15.9 Å². The molecule has 0 saturated carbocycles. The Hall–Kier alpha value is -3.95. The molecule has 0 radical (unpaired) electrons. The van der Waals surface area contributed by atoms with Crippen LogP contribution in [0.4, 0.5) is 5.69 Å². The summed E-state index contributed by atoms with van der Waals surface area (Å²) >= 11 is 0. The Morgan fingerprint density at radius 1 is 1.05 bits per heavy atom. The van der Waals surface area contributed by atoms with Gasteiger partial charge in [0.15, 0.2) is 5.78 Å². The summed E-state index contributed by atoms with van der Waals surface area (Å²) in [6, 6.07) is 17.8. The van der Waals surface area contributed by atoms with E-state index < -0.39 is 11.5 Å². The number of halogens is 1. The normalized spacial score (nSPS) is 12.1. The van der Waals surface area contributed by atoms with Gasteiger partial charge in [-0.05, 0) is 55.4 Å². The highest BCUT2D eigenvalue weighted by Crippen LogP contribution is 2.26. The van der Waals surface area contributed by atoms with Gasteiger partial charge in [0.05, 0.1) is 6.61 Å². The summed E-state index contributed by atoms with van der Waals surface area (Å²) in [5.74, 6) is -1.28. The average Bonchev–Trinajstić information content (AvgIpc) is 2.86. The maximum atomic E-state index is 13.0. The van der Waals surface area contributed by atoms with Crippen molar-refractivity contribution in [3.05, 3.63) is 77.4 Å². The van der Waals surface area contributed by atoms with Crippen LogP contribution in [0.15, 0.2) is 60.7 Å². The number of benzene rings is 3. The Kier molecular flexibility index (Phi) is 10.2. The van der Waals surface area contributed by atoms with E-state index in [2.05, 4.69) is 16.0 Å². The zero-order valence-electron chi connectivity index (χ0n) is 21.0. The Morgan fingerprint density at radius 3 is 2.35 bits per heavy atom. The number of fused-ring (bicyclic) bond motifs is 1. The minimum absolute atomic E-state index is 0. The maximum absolute atomic E-state index is 13.0. The fraction of sp³-hybridized carbons (Fsp3) is 0.259. The van der Waals surface area contributed by atoms with Crippen molar-refractivity contribution in [2.45, 2.75) is 25.9 Å². The minimum atomic E-state index is -1.58. The largest absolute Gasteiger partial charge is 0.464 e. The van der Waals surface area contributed by atoms with Crippen molar-refractivity contribution in [3.8, 4) is 0 Å². The van der Waals surface area contributed by atoms with Crippen LogP contribution in [-0.4, -0.2) is 49.2 Å². The molecule has 196 valence electrons. The van der Waals surface area contributed by atoms with Crippen molar-refractivity contribution < 1.29 is 19.1 Å². The summed E-state index contributed by atoms with van der Waals surface area (Å²) in [4.78, 5) is 38.2. The van der Waals surface area contributed by atoms with Crippen LogP contribution in [0, 0.1) is 5.41 Å². The lowest BCUT2D eigenvalue weighted by Crippen LogP contribution is -2.59. The number of nitrogens with one attached hydrogen (secondary N) is 4. The summed E-state index contributed by atoms with van der Waals surface area (Å²) in [6.07, 6.45) is 0. The number of carbonyl (C=O) groups is 3.